The second-order valence-corrected chi connectivity index (χ2v) is 5.32. The van der Waals surface area contributed by atoms with Crippen molar-refractivity contribution in [1.82, 2.24) is 15.0 Å². The number of hydrogen-bond donors (Lipinski definition) is 2. The van der Waals surface area contributed by atoms with Crippen LogP contribution in [0.4, 0.5) is 0 Å². The fraction of sp³-hybridized carbons (Fsp3) is 0.182. The number of rotatable bonds is 2. The van der Waals surface area contributed by atoms with Crippen molar-refractivity contribution < 1.29 is 5.11 Å². The maximum atomic E-state index is 11.7. The van der Waals surface area contributed by atoms with Crippen LogP contribution in [0.15, 0.2) is 26.0 Å². The van der Waals surface area contributed by atoms with Crippen molar-refractivity contribution >= 4 is 31.9 Å². The smallest absolute Gasteiger partial charge is 0.258 e. The zero-order chi connectivity index (χ0) is 13.3. The molecule has 0 saturated heterocycles. The number of aromatic nitrogens is 3. The number of H-pyrrole nitrogens is 1. The molecule has 0 aliphatic carbocycles. The van der Waals surface area contributed by atoms with Gasteiger partial charge in [0, 0.05) is 15.1 Å². The molecule has 0 aliphatic heterocycles. The summed E-state index contributed by atoms with van der Waals surface area (Å²) in [5.41, 5.74) is 0.386. The highest BCUT2D eigenvalue weighted by Crippen LogP contribution is 2.26. The van der Waals surface area contributed by atoms with Crippen LogP contribution in [0.25, 0.3) is 11.5 Å². The monoisotopic (exact) mass is 373 g/mol. The molecule has 2 heterocycles. The number of aromatic hydroxyl groups is 1. The number of aromatic amines is 1. The highest BCUT2D eigenvalue weighted by atomic mass is 79.9. The van der Waals surface area contributed by atoms with E-state index in [-0.39, 0.29) is 22.8 Å². The molecule has 0 spiro atoms. The van der Waals surface area contributed by atoms with Crippen molar-refractivity contribution in [3.63, 3.8) is 0 Å². The summed E-state index contributed by atoms with van der Waals surface area (Å²) in [5.74, 6) is -0.0260. The molecule has 7 heteroatoms. The Bertz CT molecular complexity index is 655. The van der Waals surface area contributed by atoms with Crippen molar-refractivity contribution in [3.8, 4) is 17.4 Å². The topological polar surface area (TPSA) is 78.9 Å². The maximum absolute atomic E-state index is 11.7. The van der Waals surface area contributed by atoms with E-state index < -0.39 is 0 Å². The van der Waals surface area contributed by atoms with Crippen LogP contribution in [-0.4, -0.2) is 20.1 Å². The van der Waals surface area contributed by atoms with Gasteiger partial charge in [-0.15, -0.1) is 0 Å². The Morgan fingerprint density at radius 1 is 1.44 bits per heavy atom. The molecule has 0 fully saturated rings. The third-order valence-corrected chi connectivity index (χ3v) is 3.42. The average molecular weight is 375 g/mol. The first kappa shape index (κ1) is 13.2. The molecule has 0 amide bonds. The maximum Gasteiger partial charge on any atom is 0.258 e. The minimum Gasteiger partial charge on any atom is -0.493 e. The van der Waals surface area contributed by atoms with Gasteiger partial charge in [-0.05, 0) is 44.3 Å². The number of pyridine rings is 1. The van der Waals surface area contributed by atoms with Gasteiger partial charge < -0.3 is 10.1 Å². The van der Waals surface area contributed by atoms with Gasteiger partial charge in [-0.2, -0.15) is 4.98 Å². The van der Waals surface area contributed by atoms with E-state index in [2.05, 4.69) is 46.8 Å². The zero-order valence-corrected chi connectivity index (χ0v) is 12.5. The number of nitrogens with zero attached hydrogens (tertiary/aromatic N) is 2. The summed E-state index contributed by atoms with van der Waals surface area (Å²) in [4.78, 5) is 22.5. The van der Waals surface area contributed by atoms with Crippen molar-refractivity contribution in [2.75, 3.05) is 0 Å². The Balaban J connectivity index is 2.62. The van der Waals surface area contributed by atoms with Crippen LogP contribution in [0.5, 0.6) is 5.88 Å². The summed E-state index contributed by atoms with van der Waals surface area (Å²) >= 11 is 6.62. The molecule has 2 rings (SSSR count). The third-order valence-electron chi connectivity index (χ3n) is 2.38. The van der Waals surface area contributed by atoms with Gasteiger partial charge in [-0.25, -0.2) is 0 Å². The van der Waals surface area contributed by atoms with Crippen LogP contribution in [0.2, 0.25) is 0 Å². The SMILES string of the molecule is CCc1c(O)nc(-c2ncc(Br)cc2Br)[nH]c1=O. The normalized spacial score (nSPS) is 10.6. The first-order valence-electron chi connectivity index (χ1n) is 5.16. The van der Waals surface area contributed by atoms with Gasteiger partial charge in [-0.3, -0.25) is 9.78 Å². The lowest BCUT2D eigenvalue weighted by atomic mass is 10.2. The van der Waals surface area contributed by atoms with Crippen LogP contribution in [-0.2, 0) is 6.42 Å². The van der Waals surface area contributed by atoms with Gasteiger partial charge >= 0.3 is 0 Å². The van der Waals surface area contributed by atoms with E-state index in [1.807, 2.05) is 0 Å². The van der Waals surface area contributed by atoms with Crippen molar-refractivity contribution in [2.45, 2.75) is 13.3 Å². The molecule has 18 heavy (non-hydrogen) atoms. The second kappa shape index (κ2) is 5.19. The Kier molecular flexibility index (Phi) is 3.82. The molecule has 2 aromatic rings. The highest BCUT2D eigenvalue weighted by molar-refractivity contribution is 9.11. The standard InChI is InChI=1S/C11H9Br2N3O2/c1-2-6-10(17)15-9(16-11(6)18)8-7(13)3-5(12)4-14-8/h3-4H,2H2,1H3,(H2,15,16,17,18). The number of halogens is 2. The van der Waals surface area contributed by atoms with Crippen LogP contribution >= 0.6 is 31.9 Å². The first-order chi connectivity index (χ1) is 8.52. The molecule has 0 aliphatic rings. The fourth-order valence-electron chi connectivity index (χ4n) is 1.51. The molecule has 0 aromatic carbocycles. The van der Waals surface area contributed by atoms with E-state index in [1.165, 1.54) is 0 Å². The predicted molar refractivity (Wildman–Crippen MR) is 74.5 cm³/mol. The van der Waals surface area contributed by atoms with Gasteiger partial charge in [0.05, 0.1) is 5.56 Å². The van der Waals surface area contributed by atoms with E-state index in [0.717, 1.165) is 4.47 Å². The summed E-state index contributed by atoms with van der Waals surface area (Å²) in [7, 11) is 0. The van der Waals surface area contributed by atoms with Crippen molar-refractivity contribution in [1.29, 1.82) is 0 Å². The van der Waals surface area contributed by atoms with E-state index in [4.69, 9.17) is 0 Å². The van der Waals surface area contributed by atoms with Gasteiger partial charge in [0.15, 0.2) is 5.82 Å². The summed E-state index contributed by atoms with van der Waals surface area (Å²) in [6.45, 7) is 1.78. The first-order valence-corrected chi connectivity index (χ1v) is 6.75. The zero-order valence-electron chi connectivity index (χ0n) is 9.37. The average Bonchev–Trinajstić information content (AvgIpc) is 2.28. The largest absolute Gasteiger partial charge is 0.493 e. The molecule has 5 nitrogen and oxygen atoms in total. The van der Waals surface area contributed by atoms with Gasteiger partial charge in [-0.1, -0.05) is 6.92 Å². The van der Waals surface area contributed by atoms with Crippen LogP contribution in [0, 0.1) is 0 Å². The molecular weight excluding hydrogens is 366 g/mol. The van der Waals surface area contributed by atoms with Gasteiger partial charge in [0.1, 0.15) is 5.69 Å². The van der Waals surface area contributed by atoms with E-state index >= 15 is 0 Å². The Morgan fingerprint density at radius 3 is 2.72 bits per heavy atom. The minimum atomic E-state index is -0.350. The molecule has 0 saturated carbocycles. The molecule has 0 atom stereocenters. The Labute approximate surface area is 120 Å². The quantitative estimate of drug-likeness (QED) is 0.846. The molecule has 94 valence electrons. The second-order valence-electron chi connectivity index (χ2n) is 3.55. The fourth-order valence-corrected chi connectivity index (χ4v) is 2.68. The molecule has 0 bridgehead atoms. The Morgan fingerprint density at radius 2 is 2.17 bits per heavy atom. The van der Waals surface area contributed by atoms with E-state index in [9.17, 15) is 9.90 Å². The number of hydrogen-bond acceptors (Lipinski definition) is 4. The predicted octanol–water partition coefficient (Wildman–Crippen LogP) is 2.62. The minimum absolute atomic E-state index is 0.231. The highest BCUT2D eigenvalue weighted by Gasteiger charge is 2.13. The van der Waals surface area contributed by atoms with Crippen molar-refractivity contribution in [3.05, 3.63) is 37.1 Å². The number of nitrogens with one attached hydrogen (secondary N) is 1. The summed E-state index contributed by atoms with van der Waals surface area (Å²) < 4.78 is 1.47. The van der Waals surface area contributed by atoms with Crippen LogP contribution in [0.1, 0.15) is 12.5 Å². The third kappa shape index (κ3) is 2.46. The lowest BCUT2D eigenvalue weighted by Crippen LogP contribution is -2.14. The van der Waals surface area contributed by atoms with Crippen LogP contribution in [0.3, 0.4) is 0 Å². The molecule has 0 radical (unpaired) electrons. The molecule has 2 N–H and O–H groups in total. The van der Waals surface area contributed by atoms with Crippen molar-refractivity contribution in [2.24, 2.45) is 0 Å². The summed E-state index contributed by atoms with van der Waals surface area (Å²) in [6, 6.07) is 1.78. The van der Waals surface area contributed by atoms with Gasteiger partial charge in [0.25, 0.3) is 5.56 Å². The van der Waals surface area contributed by atoms with E-state index in [0.29, 0.717) is 16.6 Å². The lowest BCUT2D eigenvalue weighted by molar-refractivity contribution is 0.444. The Hall–Kier alpha value is -1.21. The summed E-state index contributed by atoms with van der Waals surface area (Å²) in [6.07, 6.45) is 2.01. The molecular formula is C11H9Br2N3O2. The lowest BCUT2D eigenvalue weighted by Gasteiger charge is -2.05. The van der Waals surface area contributed by atoms with Gasteiger partial charge in [0.2, 0.25) is 5.88 Å². The van der Waals surface area contributed by atoms with Crippen LogP contribution < -0.4 is 5.56 Å². The molecule has 2 aromatic heterocycles. The molecule has 0 unspecified atom stereocenters. The summed E-state index contributed by atoms with van der Waals surface area (Å²) in [5, 5.41) is 9.70. The van der Waals surface area contributed by atoms with E-state index in [1.54, 1.807) is 19.2 Å².